The van der Waals surface area contributed by atoms with Crippen molar-refractivity contribution in [1.82, 2.24) is 4.31 Å². The Hall–Kier alpha value is -0.580. The molecule has 1 unspecified atom stereocenters. The Balaban J connectivity index is 2.20. The highest BCUT2D eigenvalue weighted by molar-refractivity contribution is 7.89. The molecule has 1 atom stereocenters. The van der Waals surface area contributed by atoms with Crippen molar-refractivity contribution < 1.29 is 8.42 Å². The minimum absolute atomic E-state index is 0.373. The summed E-state index contributed by atoms with van der Waals surface area (Å²) < 4.78 is 26.7. The minimum atomic E-state index is -3.34. The van der Waals surface area contributed by atoms with Gasteiger partial charge in [-0.05, 0) is 36.5 Å². The van der Waals surface area contributed by atoms with Gasteiger partial charge in [0.05, 0.1) is 4.90 Å². The average molecular weight is 302 g/mol. The first kappa shape index (κ1) is 14.8. The highest BCUT2D eigenvalue weighted by Gasteiger charge is 2.29. The first-order valence-corrected chi connectivity index (χ1v) is 8.70. The molecule has 1 aromatic carbocycles. The maximum atomic E-state index is 12.5. The molecule has 1 heterocycles. The van der Waals surface area contributed by atoms with Crippen LogP contribution in [-0.2, 0) is 15.9 Å². The first-order chi connectivity index (χ1) is 9.07. The van der Waals surface area contributed by atoms with Crippen LogP contribution in [0.2, 0.25) is 0 Å². The summed E-state index contributed by atoms with van der Waals surface area (Å²) in [5, 5.41) is 0. The van der Waals surface area contributed by atoms with Gasteiger partial charge >= 0.3 is 0 Å². The Kier molecular flexibility index (Phi) is 4.87. The Bertz CT molecular complexity index is 513. The van der Waals surface area contributed by atoms with Crippen LogP contribution < -0.4 is 0 Å². The van der Waals surface area contributed by atoms with Crippen LogP contribution in [0.1, 0.15) is 31.7 Å². The predicted octanol–water partition coefficient (Wildman–Crippen LogP) is 3.24. The highest BCUT2D eigenvalue weighted by atomic mass is 35.5. The molecule has 0 spiro atoms. The second-order valence-electron chi connectivity index (χ2n) is 5.06. The zero-order chi connectivity index (χ0) is 13.9. The normalized spacial score (nSPS) is 21.5. The summed E-state index contributed by atoms with van der Waals surface area (Å²) in [7, 11) is -3.34. The van der Waals surface area contributed by atoms with Gasteiger partial charge in [-0.2, -0.15) is 4.31 Å². The zero-order valence-corrected chi connectivity index (χ0v) is 12.8. The number of benzene rings is 1. The minimum Gasteiger partial charge on any atom is -0.207 e. The van der Waals surface area contributed by atoms with E-state index in [-0.39, 0.29) is 0 Å². The van der Waals surface area contributed by atoms with Crippen LogP contribution in [-0.4, -0.2) is 25.8 Å². The molecule has 0 amide bonds. The number of sulfonamides is 1. The first-order valence-electron chi connectivity index (χ1n) is 6.73. The maximum absolute atomic E-state index is 12.5. The van der Waals surface area contributed by atoms with E-state index in [0.29, 0.717) is 29.8 Å². The average Bonchev–Trinajstić information content (AvgIpc) is 2.47. The van der Waals surface area contributed by atoms with Crippen LogP contribution in [0.4, 0.5) is 0 Å². The van der Waals surface area contributed by atoms with Crippen LogP contribution in [0.5, 0.6) is 0 Å². The third kappa shape index (κ3) is 3.30. The van der Waals surface area contributed by atoms with E-state index >= 15 is 0 Å². The molecule has 2 rings (SSSR count). The number of rotatable bonds is 4. The van der Waals surface area contributed by atoms with Gasteiger partial charge in [0.1, 0.15) is 0 Å². The number of alkyl halides is 1. The van der Waals surface area contributed by atoms with E-state index < -0.39 is 10.0 Å². The van der Waals surface area contributed by atoms with Crippen molar-refractivity contribution >= 4 is 21.6 Å². The second kappa shape index (κ2) is 6.25. The molecule has 1 aliphatic heterocycles. The Labute approximate surface area is 120 Å². The van der Waals surface area contributed by atoms with Gasteiger partial charge in [-0.25, -0.2) is 8.42 Å². The van der Waals surface area contributed by atoms with Crippen molar-refractivity contribution in [2.75, 3.05) is 13.1 Å². The lowest BCUT2D eigenvalue weighted by atomic mass is 9.97. The summed E-state index contributed by atoms with van der Waals surface area (Å²) in [6, 6.07) is 6.87. The topological polar surface area (TPSA) is 37.4 Å². The molecule has 19 heavy (non-hydrogen) atoms. The van der Waals surface area contributed by atoms with E-state index in [0.717, 1.165) is 24.8 Å². The molecule has 0 aliphatic carbocycles. The van der Waals surface area contributed by atoms with E-state index in [9.17, 15) is 8.42 Å². The van der Waals surface area contributed by atoms with E-state index in [1.807, 2.05) is 0 Å². The van der Waals surface area contributed by atoms with E-state index in [1.165, 1.54) is 0 Å². The molecule has 0 bridgehead atoms. The molecule has 1 aromatic rings. The molecule has 106 valence electrons. The third-order valence-corrected chi connectivity index (χ3v) is 5.96. The molecular formula is C14H20ClNO2S. The van der Waals surface area contributed by atoms with Crippen molar-refractivity contribution in [3.05, 3.63) is 29.8 Å². The van der Waals surface area contributed by atoms with Crippen molar-refractivity contribution in [2.45, 2.75) is 37.0 Å². The van der Waals surface area contributed by atoms with Gasteiger partial charge in [0.15, 0.2) is 0 Å². The maximum Gasteiger partial charge on any atom is 0.243 e. The third-order valence-electron chi connectivity index (χ3n) is 3.77. The van der Waals surface area contributed by atoms with Gasteiger partial charge in [0.2, 0.25) is 10.0 Å². The summed E-state index contributed by atoms with van der Waals surface area (Å²) in [5.41, 5.74) is 0.936. The van der Waals surface area contributed by atoms with Gasteiger partial charge < -0.3 is 0 Å². The summed E-state index contributed by atoms with van der Waals surface area (Å²) >= 11 is 5.72. The van der Waals surface area contributed by atoms with Crippen molar-refractivity contribution in [2.24, 2.45) is 5.92 Å². The molecule has 5 heteroatoms. The van der Waals surface area contributed by atoms with Crippen molar-refractivity contribution in [1.29, 1.82) is 0 Å². The lowest BCUT2D eigenvalue weighted by Crippen LogP contribution is -2.39. The van der Waals surface area contributed by atoms with Gasteiger partial charge in [0, 0.05) is 19.0 Å². The van der Waals surface area contributed by atoms with Gasteiger partial charge in [-0.3, -0.25) is 0 Å². The summed E-state index contributed by atoms with van der Waals surface area (Å²) in [6.07, 6.45) is 3.13. The highest BCUT2D eigenvalue weighted by Crippen LogP contribution is 2.25. The second-order valence-corrected chi connectivity index (χ2v) is 7.26. The molecule has 1 fully saturated rings. The molecule has 0 aromatic heterocycles. The smallest absolute Gasteiger partial charge is 0.207 e. The summed E-state index contributed by atoms with van der Waals surface area (Å²) in [6.45, 7) is 3.40. The molecule has 1 aliphatic rings. The monoisotopic (exact) mass is 301 g/mol. The van der Waals surface area contributed by atoms with Crippen LogP contribution >= 0.6 is 11.6 Å². The number of nitrogens with zero attached hydrogens (tertiary/aromatic N) is 1. The van der Waals surface area contributed by atoms with Gasteiger partial charge in [0.25, 0.3) is 0 Å². The van der Waals surface area contributed by atoms with E-state index in [4.69, 9.17) is 11.6 Å². The number of hydrogen-bond donors (Lipinski definition) is 0. The number of piperidine rings is 1. The zero-order valence-electron chi connectivity index (χ0n) is 11.2. The largest absolute Gasteiger partial charge is 0.243 e. The Morgan fingerprint density at radius 3 is 2.58 bits per heavy atom. The fourth-order valence-electron chi connectivity index (χ4n) is 2.48. The molecular weight excluding hydrogens is 282 g/mol. The fourth-order valence-corrected chi connectivity index (χ4v) is 4.21. The molecule has 0 radical (unpaired) electrons. The molecule has 3 nitrogen and oxygen atoms in total. The quantitative estimate of drug-likeness (QED) is 0.801. The Morgan fingerprint density at radius 1 is 1.32 bits per heavy atom. The van der Waals surface area contributed by atoms with Crippen LogP contribution in [0.25, 0.3) is 0 Å². The fraction of sp³-hybridized carbons (Fsp3) is 0.571. The summed E-state index contributed by atoms with van der Waals surface area (Å²) in [4.78, 5) is 0.373. The van der Waals surface area contributed by atoms with Crippen molar-refractivity contribution in [3.8, 4) is 0 Å². The van der Waals surface area contributed by atoms with Gasteiger partial charge in [-0.15, -0.1) is 11.6 Å². The van der Waals surface area contributed by atoms with E-state index in [1.54, 1.807) is 28.6 Å². The summed E-state index contributed by atoms with van der Waals surface area (Å²) in [5.74, 6) is 0.896. The van der Waals surface area contributed by atoms with Crippen LogP contribution in [0.3, 0.4) is 0 Å². The van der Waals surface area contributed by atoms with Crippen LogP contribution in [0, 0.1) is 5.92 Å². The number of halogens is 1. The lowest BCUT2D eigenvalue weighted by molar-refractivity contribution is 0.261. The molecule has 1 saturated heterocycles. The van der Waals surface area contributed by atoms with Crippen LogP contribution in [0.15, 0.2) is 29.2 Å². The van der Waals surface area contributed by atoms with Crippen molar-refractivity contribution in [3.63, 3.8) is 0 Å². The SMILES string of the molecule is CCC1CCCN(S(=O)(=O)c2ccc(CCl)cc2)C1. The molecule has 0 N–H and O–H groups in total. The van der Waals surface area contributed by atoms with Gasteiger partial charge in [-0.1, -0.05) is 25.5 Å². The number of hydrogen-bond acceptors (Lipinski definition) is 2. The van der Waals surface area contributed by atoms with E-state index in [2.05, 4.69) is 6.92 Å². The standard InChI is InChI=1S/C14H20ClNO2S/c1-2-12-4-3-9-16(11-12)19(17,18)14-7-5-13(10-15)6-8-14/h5-8,12H,2-4,9-11H2,1H3. The lowest BCUT2D eigenvalue weighted by Gasteiger charge is -2.31. The Morgan fingerprint density at radius 2 is 2.00 bits per heavy atom. The molecule has 0 saturated carbocycles. The predicted molar refractivity (Wildman–Crippen MR) is 77.8 cm³/mol.